The summed E-state index contributed by atoms with van der Waals surface area (Å²) in [5.74, 6) is 1.67. The van der Waals surface area contributed by atoms with Crippen molar-refractivity contribution in [3.8, 4) is 41.2 Å². The number of piperidine rings is 2. The van der Waals surface area contributed by atoms with Gasteiger partial charge < -0.3 is 29.3 Å². The van der Waals surface area contributed by atoms with Crippen LogP contribution in [0.4, 0.5) is 14.6 Å². The van der Waals surface area contributed by atoms with Crippen molar-refractivity contribution >= 4 is 27.5 Å². The van der Waals surface area contributed by atoms with Crippen LogP contribution < -0.4 is 14.4 Å². The van der Waals surface area contributed by atoms with Crippen LogP contribution in [-0.2, 0) is 4.74 Å². The van der Waals surface area contributed by atoms with Gasteiger partial charge in [0.05, 0.1) is 32.0 Å². The lowest BCUT2D eigenvalue weighted by atomic mass is 9.75. The number of hydrogen-bond donors (Lipinski definition) is 2. The number of aliphatic hydroxyl groups is 1. The standard InChI is InChI=1S/C39H43F2N5O5/c1-3-27-29(40)10-9-24-17-26(48)18-28(31(24)27)34-33(41)35-32(37(42-34)49-2)36(46-14-5-7-25(47)20-46)44-38(43-35)51-22-39-12-4-8-30(39)45(15-6-13-39)19-23-11-16-50-21-23/h1,9-10,17-18,23,25,30,47-48H,4-8,11-16,19-22H2,2H3. The summed E-state index contributed by atoms with van der Waals surface area (Å²) in [6, 6.07) is 5.83. The van der Waals surface area contributed by atoms with Crippen molar-refractivity contribution in [2.24, 2.45) is 11.3 Å². The Morgan fingerprint density at radius 2 is 1.92 bits per heavy atom. The maximum atomic E-state index is 17.1. The lowest BCUT2D eigenvalue weighted by Gasteiger charge is -2.47. The van der Waals surface area contributed by atoms with Crippen LogP contribution in [0.3, 0.4) is 0 Å². The molecule has 3 aliphatic heterocycles. The quantitative estimate of drug-likeness (QED) is 0.218. The maximum Gasteiger partial charge on any atom is 0.319 e. The molecule has 1 aliphatic carbocycles. The van der Waals surface area contributed by atoms with Crippen LogP contribution in [0.15, 0.2) is 24.3 Å². The summed E-state index contributed by atoms with van der Waals surface area (Å²) in [6.07, 6.45) is 12.9. The fourth-order valence-corrected chi connectivity index (χ4v) is 9.12. The fraction of sp³-hybridized carbons (Fsp3) is 0.513. The average molecular weight is 700 g/mol. The number of aromatic nitrogens is 3. The van der Waals surface area contributed by atoms with Crippen LogP contribution in [0.25, 0.3) is 32.9 Å². The smallest absolute Gasteiger partial charge is 0.319 e. The predicted octanol–water partition coefficient (Wildman–Crippen LogP) is 5.83. The van der Waals surface area contributed by atoms with Crippen LogP contribution >= 0.6 is 0 Å². The molecule has 12 heteroatoms. The molecular formula is C39H43F2N5O5. The van der Waals surface area contributed by atoms with Gasteiger partial charge in [0.25, 0.3) is 0 Å². The molecule has 8 rings (SSSR count). The Labute approximate surface area is 295 Å². The number of terminal acetylenes is 1. The third-order valence-electron chi connectivity index (χ3n) is 11.5. The Morgan fingerprint density at radius 3 is 2.71 bits per heavy atom. The number of β-amino-alcohol motifs (C(OH)–C–C–N with tert-alkyl or cyclic N) is 1. The van der Waals surface area contributed by atoms with Crippen molar-refractivity contribution in [2.75, 3.05) is 58.0 Å². The van der Waals surface area contributed by atoms with Gasteiger partial charge >= 0.3 is 6.01 Å². The highest BCUT2D eigenvalue weighted by Gasteiger charge is 2.49. The van der Waals surface area contributed by atoms with E-state index in [0.717, 1.165) is 64.8 Å². The summed E-state index contributed by atoms with van der Waals surface area (Å²) in [5.41, 5.74) is -0.379. The van der Waals surface area contributed by atoms with E-state index in [1.165, 1.54) is 31.4 Å². The zero-order valence-electron chi connectivity index (χ0n) is 28.8. The molecule has 0 amide bonds. The topological polar surface area (TPSA) is 113 Å². The zero-order valence-corrected chi connectivity index (χ0v) is 28.8. The van der Waals surface area contributed by atoms with E-state index in [-0.39, 0.29) is 62.7 Å². The molecule has 4 aliphatic rings. The zero-order chi connectivity index (χ0) is 35.3. The molecule has 0 bridgehead atoms. The monoisotopic (exact) mass is 699 g/mol. The molecule has 4 fully saturated rings. The van der Waals surface area contributed by atoms with Crippen molar-refractivity contribution in [3.05, 3.63) is 41.5 Å². The third-order valence-corrected chi connectivity index (χ3v) is 11.5. The van der Waals surface area contributed by atoms with Gasteiger partial charge in [0.15, 0.2) is 5.82 Å². The Balaban J connectivity index is 1.24. The number of phenols is 1. The van der Waals surface area contributed by atoms with E-state index < -0.39 is 17.7 Å². The predicted molar refractivity (Wildman–Crippen MR) is 189 cm³/mol. The Hall–Kier alpha value is -4.31. The molecule has 1 saturated carbocycles. The first-order chi connectivity index (χ1) is 24.8. The maximum absolute atomic E-state index is 17.1. The number of hydrogen-bond acceptors (Lipinski definition) is 10. The van der Waals surface area contributed by atoms with E-state index in [1.54, 1.807) is 0 Å². The Morgan fingerprint density at radius 1 is 1.06 bits per heavy atom. The second-order valence-corrected chi connectivity index (χ2v) is 14.6. The van der Waals surface area contributed by atoms with Crippen molar-refractivity contribution in [2.45, 2.75) is 63.5 Å². The Kier molecular flexibility index (Phi) is 9.07. The number of nitrogens with zero attached hydrogens (tertiary/aromatic N) is 5. The highest BCUT2D eigenvalue weighted by molar-refractivity contribution is 6.04. The van der Waals surface area contributed by atoms with Crippen molar-refractivity contribution in [1.29, 1.82) is 0 Å². The van der Waals surface area contributed by atoms with Crippen molar-refractivity contribution in [3.63, 3.8) is 0 Å². The molecule has 2 aromatic heterocycles. The first-order valence-electron chi connectivity index (χ1n) is 18.0. The summed E-state index contributed by atoms with van der Waals surface area (Å²) in [7, 11) is 1.42. The number of halogens is 2. The largest absolute Gasteiger partial charge is 0.508 e. The molecule has 4 unspecified atom stereocenters. The van der Waals surface area contributed by atoms with Gasteiger partial charge in [-0.1, -0.05) is 18.4 Å². The summed E-state index contributed by atoms with van der Waals surface area (Å²) in [5, 5.41) is 22.2. The molecule has 5 heterocycles. The van der Waals surface area contributed by atoms with Crippen molar-refractivity contribution < 1.29 is 33.2 Å². The van der Waals surface area contributed by atoms with Gasteiger partial charge in [-0.25, -0.2) is 13.8 Å². The molecule has 268 valence electrons. The number of likely N-dealkylation sites (tertiary alicyclic amines) is 1. The fourth-order valence-electron chi connectivity index (χ4n) is 9.12. The molecule has 10 nitrogen and oxygen atoms in total. The number of rotatable bonds is 8. The number of pyridine rings is 1. The van der Waals surface area contributed by atoms with Gasteiger partial charge in [-0.05, 0) is 81.0 Å². The number of anilines is 1. The van der Waals surface area contributed by atoms with Crippen LogP contribution in [0.5, 0.6) is 17.6 Å². The highest BCUT2D eigenvalue weighted by Crippen LogP contribution is 2.49. The van der Waals surface area contributed by atoms with E-state index in [9.17, 15) is 14.6 Å². The first kappa shape index (κ1) is 33.8. The minimum absolute atomic E-state index is 0.0214. The van der Waals surface area contributed by atoms with Gasteiger partial charge in [-0.3, -0.25) is 4.90 Å². The highest BCUT2D eigenvalue weighted by atomic mass is 19.1. The van der Waals surface area contributed by atoms with Gasteiger partial charge in [0.2, 0.25) is 5.88 Å². The lowest BCUT2D eigenvalue weighted by Crippen LogP contribution is -2.53. The Bertz CT molecular complexity index is 2020. The lowest BCUT2D eigenvalue weighted by molar-refractivity contribution is -0.00805. The van der Waals surface area contributed by atoms with Gasteiger partial charge in [0.1, 0.15) is 34.0 Å². The van der Waals surface area contributed by atoms with Crippen LogP contribution in [0.1, 0.15) is 56.9 Å². The molecule has 4 aromatic rings. The van der Waals surface area contributed by atoms with Crippen LogP contribution in [-0.4, -0.2) is 95.3 Å². The van der Waals surface area contributed by atoms with Crippen LogP contribution in [0.2, 0.25) is 0 Å². The molecule has 0 spiro atoms. The number of aromatic hydroxyl groups is 1. The molecule has 2 N–H and O–H groups in total. The summed E-state index contributed by atoms with van der Waals surface area (Å²) >= 11 is 0. The van der Waals surface area contributed by atoms with E-state index >= 15 is 4.39 Å². The minimum Gasteiger partial charge on any atom is -0.508 e. The first-order valence-corrected chi connectivity index (χ1v) is 18.0. The second kappa shape index (κ2) is 13.7. The molecule has 3 saturated heterocycles. The molecule has 2 aromatic carbocycles. The summed E-state index contributed by atoms with van der Waals surface area (Å²) in [6.45, 7) is 4.98. The molecule has 0 radical (unpaired) electrons. The summed E-state index contributed by atoms with van der Waals surface area (Å²) in [4.78, 5) is 18.6. The number of benzene rings is 2. The van der Waals surface area contributed by atoms with Crippen molar-refractivity contribution in [1.82, 2.24) is 19.9 Å². The van der Waals surface area contributed by atoms with Gasteiger partial charge in [0, 0.05) is 48.6 Å². The minimum atomic E-state index is -0.824. The third kappa shape index (κ3) is 6.09. The number of ether oxygens (including phenoxy) is 3. The number of methoxy groups -OCH3 is 1. The normalized spacial score (nSPS) is 25.3. The number of fused-ring (bicyclic) bond motifs is 3. The second-order valence-electron chi connectivity index (χ2n) is 14.6. The average Bonchev–Trinajstić information content (AvgIpc) is 3.82. The number of aliphatic hydroxyl groups excluding tert-OH is 1. The van der Waals surface area contributed by atoms with Gasteiger partial charge in [-0.2, -0.15) is 9.97 Å². The van der Waals surface area contributed by atoms with Crippen LogP contribution in [0, 0.1) is 35.3 Å². The van der Waals surface area contributed by atoms with E-state index in [4.69, 9.17) is 25.6 Å². The molecule has 51 heavy (non-hydrogen) atoms. The van der Waals surface area contributed by atoms with E-state index in [1.807, 2.05) is 4.90 Å². The molecular weight excluding hydrogens is 656 g/mol. The van der Waals surface area contributed by atoms with E-state index in [2.05, 4.69) is 20.8 Å². The SMILES string of the molecule is C#Cc1c(F)ccc2cc(O)cc(-c3nc(OC)c4c(N5CCCC(O)C5)nc(OCC56CCCC5N(CC5CCOC5)CCC6)nc4c3F)c12. The summed E-state index contributed by atoms with van der Waals surface area (Å²) < 4.78 is 50.1. The van der Waals surface area contributed by atoms with E-state index in [0.29, 0.717) is 49.2 Å². The molecule has 4 atom stereocenters. The number of phenolic OH excluding ortho intramolecular Hbond substituents is 1. The van der Waals surface area contributed by atoms with Gasteiger partial charge in [-0.15, -0.1) is 6.42 Å².